The number of halogens is 1. The second-order valence-corrected chi connectivity index (χ2v) is 6.43. The summed E-state index contributed by atoms with van der Waals surface area (Å²) in [6.45, 7) is 4.96. The first kappa shape index (κ1) is 18.6. The predicted molar refractivity (Wildman–Crippen MR) is 101 cm³/mol. The smallest absolute Gasteiger partial charge is 0.254 e. The van der Waals surface area contributed by atoms with Crippen LogP contribution in [-0.2, 0) is 13.1 Å². The summed E-state index contributed by atoms with van der Waals surface area (Å²) in [5.41, 5.74) is 4.10. The molecule has 140 valence electrons. The zero-order valence-electron chi connectivity index (χ0n) is 15.6. The Morgan fingerprint density at radius 3 is 2.59 bits per heavy atom. The van der Waals surface area contributed by atoms with Gasteiger partial charge in [-0.1, -0.05) is 24.3 Å². The Balaban J connectivity index is 1.66. The van der Waals surface area contributed by atoms with Crippen molar-refractivity contribution in [2.75, 3.05) is 7.11 Å². The van der Waals surface area contributed by atoms with Gasteiger partial charge in [-0.15, -0.1) is 0 Å². The van der Waals surface area contributed by atoms with Gasteiger partial charge in [0.2, 0.25) is 0 Å². The summed E-state index contributed by atoms with van der Waals surface area (Å²) in [5, 5.41) is 7.23. The van der Waals surface area contributed by atoms with Gasteiger partial charge < -0.3 is 10.1 Å². The Bertz CT molecular complexity index is 966. The maximum atomic E-state index is 14.0. The third-order valence-electron chi connectivity index (χ3n) is 4.30. The van der Waals surface area contributed by atoms with Gasteiger partial charge in [-0.05, 0) is 43.2 Å². The first-order chi connectivity index (χ1) is 13.0. The molecule has 2 aromatic carbocycles. The van der Waals surface area contributed by atoms with E-state index < -0.39 is 11.7 Å². The van der Waals surface area contributed by atoms with Crippen LogP contribution in [0.3, 0.4) is 0 Å². The molecule has 0 saturated carbocycles. The monoisotopic (exact) mass is 367 g/mol. The van der Waals surface area contributed by atoms with Gasteiger partial charge >= 0.3 is 0 Å². The summed E-state index contributed by atoms with van der Waals surface area (Å²) >= 11 is 0. The molecular formula is C21H22FN3O2. The van der Waals surface area contributed by atoms with Gasteiger partial charge in [-0.2, -0.15) is 5.10 Å². The van der Waals surface area contributed by atoms with Gasteiger partial charge in [-0.3, -0.25) is 9.48 Å². The number of hydrogen-bond donors (Lipinski definition) is 1. The standard InChI is InChI=1S/C21H22FN3O2/c1-14-9-15(2)25(24-14)13-17-6-4-5-16(10-17)12-23-21(26)19-8-7-18(27-3)11-20(19)22/h4-11H,12-13H2,1-3H3,(H,23,26). The van der Waals surface area contributed by atoms with Crippen LogP contribution in [0, 0.1) is 19.7 Å². The fraction of sp³-hybridized carbons (Fsp3) is 0.238. The summed E-state index contributed by atoms with van der Waals surface area (Å²) in [6.07, 6.45) is 0. The molecule has 0 fully saturated rings. The predicted octanol–water partition coefficient (Wildman–Crippen LogP) is 3.63. The summed E-state index contributed by atoms with van der Waals surface area (Å²) in [6, 6.07) is 14.1. The van der Waals surface area contributed by atoms with Crippen molar-refractivity contribution in [2.24, 2.45) is 0 Å². The fourth-order valence-corrected chi connectivity index (χ4v) is 2.93. The number of nitrogens with one attached hydrogen (secondary N) is 1. The number of nitrogens with zero attached hydrogens (tertiary/aromatic N) is 2. The highest BCUT2D eigenvalue weighted by Crippen LogP contribution is 2.16. The molecule has 27 heavy (non-hydrogen) atoms. The van der Waals surface area contributed by atoms with Crippen LogP contribution >= 0.6 is 0 Å². The molecule has 0 atom stereocenters. The molecular weight excluding hydrogens is 345 g/mol. The van der Waals surface area contributed by atoms with Crippen molar-refractivity contribution < 1.29 is 13.9 Å². The molecule has 0 radical (unpaired) electrons. The lowest BCUT2D eigenvalue weighted by Gasteiger charge is -2.10. The average Bonchev–Trinajstić information content (AvgIpc) is 2.96. The third-order valence-corrected chi connectivity index (χ3v) is 4.30. The van der Waals surface area contributed by atoms with Crippen LogP contribution in [0.5, 0.6) is 5.75 Å². The molecule has 0 bridgehead atoms. The van der Waals surface area contributed by atoms with Crippen molar-refractivity contribution in [3.63, 3.8) is 0 Å². The molecule has 1 N–H and O–H groups in total. The lowest BCUT2D eigenvalue weighted by atomic mass is 10.1. The summed E-state index contributed by atoms with van der Waals surface area (Å²) in [4.78, 5) is 12.3. The Morgan fingerprint density at radius 1 is 1.15 bits per heavy atom. The topological polar surface area (TPSA) is 56.1 Å². The second-order valence-electron chi connectivity index (χ2n) is 6.43. The minimum atomic E-state index is -0.606. The number of methoxy groups -OCH3 is 1. The molecule has 0 spiro atoms. The highest BCUT2D eigenvalue weighted by molar-refractivity contribution is 5.94. The third kappa shape index (κ3) is 4.53. The molecule has 6 heteroatoms. The van der Waals surface area contributed by atoms with E-state index >= 15 is 0 Å². The first-order valence-electron chi connectivity index (χ1n) is 8.67. The van der Waals surface area contributed by atoms with Crippen LogP contribution in [0.15, 0.2) is 48.5 Å². The van der Waals surface area contributed by atoms with Crippen molar-refractivity contribution in [1.29, 1.82) is 0 Å². The molecule has 0 aliphatic rings. The van der Waals surface area contributed by atoms with Crippen LogP contribution in [0.25, 0.3) is 0 Å². The normalized spacial score (nSPS) is 10.7. The molecule has 3 rings (SSSR count). The number of carbonyl (C=O) groups is 1. The van der Waals surface area contributed by atoms with E-state index in [9.17, 15) is 9.18 Å². The van der Waals surface area contributed by atoms with E-state index in [1.165, 1.54) is 19.2 Å². The summed E-state index contributed by atoms with van der Waals surface area (Å²) in [5.74, 6) is -0.690. The van der Waals surface area contributed by atoms with Crippen LogP contribution < -0.4 is 10.1 Å². The molecule has 1 heterocycles. The number of hydrogen-bond acceptors (Lipinski definition) is 3. The van der Waals surface area contributed by atoms with E-state index in [-0.39, 0.29) is 5.56 Å². The lowest BCUT2D eigenvalue weighted by Crippen LogP contribution is -2.24. The number of benzene rings is 2. The van der Waals surface area contributed by atoms with Gasteiger partial charge in [0.15, 0.2) is 0 Å². The minimum absolute atomic E-state index is 0.00500. The molecule has 0 aliphatic heterocycles. The Kier molecular flexibility index (Phi) is 5.54. The largest absolute Gasteiger partial charge is 0.497 e. The number of ether oxygens (including phenoxy) is 1. The fourth-order valence-electron chi connectivity index (χ4n) is 2.93. The van der Waals surface area contributed by atoms with Gasteiger partial charge in [0.1, 0.15) is 11.6 Å². The van der Waals surface area contributed by atoms with Crippen molar-refractivity contribution in [3.8, 4) is 5.75 Å². The molecule has 3 aromatic rings. The van der Waals surface area contributed by atoms with Gasteiger partial charge in [-0.25, -0.2) is 4.39 Å². The van der Waals surface area contributed by atoms with E-state index in [0.717, 1.165) is 22.5 Å². The van der Waals surface area contributed by atoms with Crippen molar-refractivity contribution >= 4 is 5.91 Å². The minimum Gasteiger partial charge on any atom is -0.497 e. The maximum Gasteiger partial charge on any atom is 0.254 e. The maximum absolute atomic E-state index is 14.0. The Labute approximate surface area is 157 Å². The number of carbonyl (C=O) groups excluding carboxylic acids is 1. The van der Waals surface area contributed by atoms with Crippen molar-refractivity contribution in [2.45, 2.75) is 26.9 Å². The van der Waals surface area contributed by atoms with E-state index in [0.29, 0.717) is 18.8 Å². The Morgan fingerprint density at radius 2 is 1.93 bits per heavy atom. The second kappa shape index (κ2) is 8.03. The van der Waals surface area contributed by atoms with Crippen LogP contribution in [-0.4, -0.2) is 22.8 Å². The van der Waals surface area contributed by atoms with Gasteiger partial charge in [0.05, 0.1) is 24.9 Å². The van der Waals surface area contributed by atoms with E-state index in [4.69, 9.17) is 4.74 Å². The number of aryl methyl sites for hydroxylation is 2. The van der Waals surface area contributed by atoms with Crippen molar-refractivity contribution in [1.82, 2.24) is 15.1 Å². The molecule has 5 nitrogen and oxygen atoms in total. The number of amides is 1. The van der Waals surface area contributed by atoms with Gasteiger partial charge in [0.25, 0.3) is 5.91 Å². The Hall–Kier alpha value is -3.15. The molecule has 1 amide bonds. The molecule has 1 aromatic heterocycles. The zero-order valence-corrected chi connectivity index (χ0v) is 15.6. The highest BCUT2D eigenvalue weighted by Gasteiger charge is 2.12. The molecule has 0 unspecified atom stereocenters. The van der Waals surface area contributed by atoms with Crippen LogP contribution in [0.1, 0.15) is 32.9 Å². The quantitative estimate of drug-likeness (QED) is 0.724. The molecule has 0 aliphatic carbocycles. The zero-order chi connectivity index (χ0) is 19.4. The number of aromatic nitrogens is 2. The van der Waals surface area contributed by atoms with Crippen LogP contribution in [0.4, 0.5) is 4.39 Å². The lowest BCUT2D eigenvalue weighted by molar-refractivity contribution is 0.0947. The van der Waals surface area contributed by atoms with E-state index in [1.54, 1.807) is 6.07 Å². The SMILES string of the molecule is COc1ccc(C(=O)NCc2cccc(Cn3nc(C)cc3C)c2)c(F)c1. The van der Waals surface area contributed by atoms with E-state index in [2.05, 4.69) is 10.4 Å². The molecule has 0 saturated heterocycles. The number of rotatable bonds is 6. The summed E-state index contributed by atoms with van der Waals surface area (Å²) in [7, 11) is 1.45. The average molecular weight is 367 g/mol. The first-order valence-corrected chi connectivity index (χ1v) is 8.67. The van der Waals surface area contributed by atoms with Crippen molar-refractivity contribution in [3.05, 3.63) is 82.4 Å². The van der Waals surface area contributed by atoms with Crippen LogP contribution in [0.2, 0.25) is 0 Å². The highest BCUT2D eigenvalue weighted by atomic mass is 19.1. The van der Waals surface area contributed by atoms with E-state index in [1.807, 2.05) is 48.9 Å². The van der Waals surface area contributed by atoms with Gasteiger partial charge in [0, 0.05) is 18.3 Å². The summed E-state index contributed by atoms with van der Waals surface area (Å²) < 4.78 is 20.9.